The van der Waals surface area contributed by atoms with Crippen molar-refractivity contribution in [3.05, 3.63) is 65.9 Å². The maximum absolute atomic E-state index is 6.00. The summed E-state index contributed by atoms with van der Waals surface area (Å²) in [7, 11) is 0. The summed E-state index contributed by atoms with van der Waals surface area (Å²) in [6, 6.07) is 18.7. The van der Waals surface area contributed by atoms with Crippen LogP contribution >= 0.6 is 0 Å². The van der Waals surface area contributed by atoms with Crippen molar-refractivity contribution in [2.45, 2.75) is 32.7 Å². The van der Waals surface area contributed by atoms with Crippen LogP contribution in [-0.4, -0.2) is 10.9 Å². The standard InChI is InChI=1S/C20H24N4/c1-3-14(2)15-8-10-17(11-9-15)24-20(21)22-13-18-12-16-6-4-5-7-19(16)23-18/h4-12,14,23H,3,13H2,1-2H3,(H3,21,22,24). The maximum atomic E-state index is 6.00. The molecule has 0 fully saturated rings. The van der Waals surface area contributed by atoms with E-state index in [0.717, 1.165) is 23.3 Å². The predicted octanol–water partition coefficient (Wildman–Crippen LogP) is 4.61. The summed E-state index contributed by atoms with van der Waals surface area (Å²) in [4.78, 5) is 7.76. The van der Waals surface area contributed by atoms with Gasteiger partial charge in [-0.25, -0.2) is 4.99 Å². The number of rotatable bonds is 5. The first-order chi connectivity index (χ1) is 11.7. The molecule has 124 valence electrons. The van der Waals surface area contributed by atoms with Crippen molar-refractivity contribution in [3.8, 4) is 0 Å². The number of anilines is 1. The van der Waals surface area contributed by atoms with Gasteiger partial charge < -0.3 is 16.0 Å². The molecule has 2 aromatic carbocycles. The second-order valence-electron chi connectivity index (χ2n) is 6.14. The van der Waals surface area contributed by atoms with E-state index in [1.165, 1.54) is 10.9 Å². The van der Waals surface area contributed by atoms with Crippen molar-refractivity contribution in [3.63, 3.8) is 0 Å². The third kappa shape index (κ3) is 3.77. The summed E-state index contributed by atoms with van der Waals surface area (Å²) in [6.07, 6.45) is 1.14. The molecule has 1 heterocycles. The Morgan fingerprint density at radius 2 is 1.92 bits per heavy atom. The molecule has 0 saturated heterocycles. The summed E-state index contributed by atoms with van der Waals surface area (Å²) >= 11 is 0. The molecule has 3 aromatic rings. The van der Waals surface area contributed by atoms with Gasteiger partial charge in [-0.2, -0.15) is 0 Å². The molecule has 4 nitrogen and oxygen atoms in total. The van der Waals surface area contributed by atoms with Crippen LogP contribution in [0.15, 0.2) is 59.6 Å². The Balaban J connectivity index is 1.63. The van der Waals surface area contributed by atoms with E-state index >= 15 is 0 Å². The normalized spacial score (nSPS) is 13.2. The summed E-state index contributed by atoms with van der Waals surface area (Å²) in [5.74, 6) is 0.997. The van der Waals surface area contributed by atoms with E-state index in [9.17, 15) is 0 Å². The van der Waals surface area contributed by atoms with Gasteiger partial charge in [0.2, 0.25) is 0 Å². The van der Waals surface area contributed by atoms with E-state index < -0.39 is 0 Å². The molecule has 0 saturated carbocycles. The van der Waals surface area contributed by atoms with Crippen LogP contribution in [0.25, 0.3) is 10.9 Å². The highest BCUT2D eigenvalue weighted by molar-refractivity contribution is 5.92. The van der Waals surface area contributed by atoms with E-state index in [1.807, 2.05) is 24.3 Å². The SMILES string of the molecule is CCC(C)c1ccc(NC(N)=NCc2cc3ccccc3[nH]2)cc1. The van der Waals surface area contributed by atoms with Crippen molar-refractivity contribution in [1.29, 1.82) is 0 Å². The largest absolute Gasteiger partial charge is 0.370 e. The fraction of sp³-hybridized carbons (Fsp3) is 0.250. The summed E-state index contributed by atoms with van der Waals surface area (Å²) in [5, 5.41) is 4.33. The highest BCUT2D eigenvalue weighted by atomic mass is 15.1. The van der Waals surface area contributed by atoms with Crippen molar-refractivity contribution >= 4 is 22.5 Å². The van der Waals surface area contributed by atoms with Crippen LogP contribution in [0.5, 0.6) is 0 Å². The molecule has 0 amide bonds. The van der Waals surface area contributed by atoms with Gasteiger partial charge in [-0.1, -0.05) is 44.2 Å². The van der Waals surface area contributed by atoms with Crippen LogP contribution in [0.3, 0.4) is 0 Å². The number of hydrogen-bond acceptors (Lipinski definition) is 1. The van der Waals surface area contributed by atoms with Gasteiger partial charge >= 0.3 is 0 Å². The number of aromatic nitrogens is 1. The van der Waals surface area contributed by atoms with Gasteiger partial charge in [0, 0.05) is 16.9 Å². The zero-order valence-corrected chi connectivity index (χ0v) is 14.2. The van der Waals surface area contributed by atoms with Crippen molar-refractivity contribution in [1.82, 2.24) is 4.98 Å². The van der Waals surface area contributed by atoms with Crippen molar-refractivity contribution in [2.24, 2.45) is 10.7 Å². The Morgan fingerprint density at radius 1 is 1.17 bits per heavy atom. The molecule has 1 unspecified atom stereocenters. The van der Waals surface area contributed by atoms with Crippen LogP contribution in [-0.2, 0) is 6.54 Å². The molecule has 0 radical (unpaired) electrons. The van der Waals surface area contributed by atoms with Crippen LogP contribution in [0.1, 0.15) is 37.4 Å². The Morgan fingerprint density at radius 3 is 2.62 bits per heavy atom. The predicted molar refractivity (Wildman–Crippen MR) is 102 cm³/mol. The van der Waals surface area contributed by atoms with Gasteiger partial charge in [-0.15, -0.1) is 0 Å². The van der Waals surface area contributed by atoms with Gasteiger partial charge in [0.15, 0.2) is 5.96 Å². The van der Waals surface area contributed by atoms with Gasteiger partial charge in [0.1, 0.15) is 0 Å². The molecule has 0 spiro atoms. The Bertz CT molecular complexity index is 797. The third-order valence-electron chi connectivity index (χ3n) is 4.37. The van der Waals surface area contributed by atoms with Gasteiger partial charge in [-0.3, -0.25) is 0 Å². The number of aliphatic imine (C=N–C) groups is 1. The molecule has 3 rings (SSSR count). The fourth-order valence-electron chi connectivity index (χ4n) is 2.71. The molecular formula is C20H24N4. The summed E-state index contributed by atoms with van der Waals surface area (Å²) < 4.78 is 0. The molecule has 4 N–H and O–H groups in total. The molecule has 1 aromatic heterocycles. The minimum absolute atomic E-state index is 0.421. The number of nitrogens with zero attached hydrogens (tertiary/aromatic N) is 1. The van der Waals surface area contributed by atoms with Crippen molar-refractivity contribution < 1.29 is 0 Å². The monoisotopic (exact) mass is 320 g/mol. The molecular weight excluding hydrogens is 296 g/mol. The zero-order chi connectivity index (χ0) is 16.9. The van der Waals surface area contributed by atoms with E-state index in [1.54, 1.807) is 0 Å². The van der Waals surface area contributed by atoms with E-state index in [4.69, 9.17) is 5.73 Å². The minimum atomic E-state index is 0.421. The highest BCUT2D eigenvalue weighted by Gasteiger charge is 2.03. The Labute approximate surface area is 142 Å². The number of para-hydroxylation sites is 1. The van der Waals surface area contributed by atoms with E-state index in [2.05, 4.69) is 59.5 Å². The van der Waals surface area contributed by atoms with E-state index in [-0.39, 0.29) is 0 Å². The molecule has 0 aliphatic carbocycles. The highest BCUT2D eigenvalue weighted by Crippen LogP contribution is 2.20. The lowest BCUT2D eigenvalue weighted by Crippen LogP contribution is -2.22. The van der Waals surface area contributed by atoms with Crippen LogP contribution in [0, 0.1) is 0 Å². The maximum Gasteiger partial charge on any atom is 0.193 e. The first-order valence-electron chi connectivity index (χ1n) is 8.39. The molecule has 1 atom stereocenters. The first-order valence-corrected chi connectivity index (χ1v) is 8.39. The van der Waals surface area contributed by atoms with Crippen molar-refractivity contribution in [2.75, 3.05) is 5.32 Å². The average molecular weight is 320 g/mol. The van der Waals surface area contributed by atoms with E-state index in [0.29, 0.717) is 18.4 Å². The molecule has 0 bridgehead atoms. The molecule has 0 aliphatic rings. The van der Waals surface area contributed by atoms with Crippen LogP contribution in [0.2, 0.25) is 0 Å². The zero-order valence-electron chi connectivity index (χ0n) is 14.2. The number of nitrogens with two attached hydrogens (primary N) is 1. The fourth-order valence-corrected chi connectivity index (χ4v) is 2.71. The third-order valence-corrected chi connectivity index (χ3v) is 4.37. The summed E-state index contributed by atoms with van der Waals surface area (Å²) in [5.41, 5.74) is 10.5. The number of hydrogen-bond donors (Lipinski definition) is 3. The lowest BCUT2D eigenvalue weighted by Gasteiger charge is -2.10. The number of guanidine groups is 1. The second-order valence-corrected chi connectivity index (χ2v) is 6.14. The number of H-pyrrole nitrogens is 1. The average Bonchev–Trinajstić information content (AvgIpc) is 3.03. The molecule has 4 heteroatoms. The lowest BCUT2D eigenvalue weighted by molar-refractivity contribution is 0.734. The van der Waals surface area contributed by atoms with Gasteiger partial charge in [0.05, 0.1) is 6.54 Å². The number of benzene rings is 2. The first kappa shape index (κ1) is 16.1. The Hall–Kier alpha value is -2.75. The van der Waals surface area contributed by atoms with Crippen LogP contribution in [0.4, 0.5) is 5.69 Å². The minimum Gasteiger partial charge on any atom is -0.370 e. The topological polar surface area (TPSA) is 66.2 Å². The van der Waals surface area contributed by atoms with Crippen LogP contribution < -0.4 is 11.1 Å². The smallest absolute Gasteiger partial charge is 0.193 e. The number of fused-ring (bicyclic) bond motifs is 1. The molecule has 0 aliphatic heterocycles. The lowest BCUT2D eigenvalue weighted by atomic mass is 9.99. The Kier molecular flexibility index (Phi) is 4.85. The summed E-state index contributed by atoms with van der Waals surface area (Å²) in [6.45, 7) is 4.96. The number of aromatic amines is 1. The second kappa shape index (κ2) is 7.21. The quantitative estimate of drug-likeness (QED) is 0.475. The number of nitrogens with one attached hydrogen (secondary N) is 2. The molecule has 24 heavy (non-hydrogen) atoms. The van der Waals surface area contributed by atoms with Gasteiger partial charge in [0.25, 0.3) is 0 Å². The van der Waals surface area contributed by atoms with Gasteiger partial charge in [-0.05, 0) is 47.6 Å².